The minimum absolute atomic E-state index is 0.0560. The van der Waals surface area contributed by atoms with Gasteiger partial charge in [-0.1, -0.05) is 13.8 Å². The molecule has 1 aromatic carbocycles. The summed E-state index contributed by atoms with van der Waals surface area (Å²) in [6, 6.07) is 4.99. The van der Waals surface area contributed by atoms with Crippen molar-refractivity contribution in [2.24, 2.45) is 17.1 Å². The third-order valence-electron chi connectivity index (χ3n) is 5.41. The molecule has 8 heteroatoms. The monoisotopic (exact) mass is 358 g/mol. The van der Waals surface area contributed by atoms with Gasteiger partial charge in [0, 0.05) is 23.6 Å². The molecule has 1 saturated carbocycles. The van der Waals surface area contributed by atoms with Gasteiger partial charge in [-0.25, -0.2) is 0 Å². The molecule has 138 valence electrons. The molecular formula is C17H21F3N2O3. The first-order valence-corrected chi connectivity index (χ1v) is 8.13. The number of amides is 1. The highest BCUT2D eigenvalue weighted by atomic mass is 19.4. The van der Waals surface area contributed by atoms with E-state index in [2.05, 4.69) is 10.1 Å². The zero-order valence-corrected chi connectivity index (χ0v) is 14.0. The number of alkyl halides is 3. The van der Waals surface area contributed by atoms with Gasteiger partial charge in [0.1, 0.15) is 11.3 Å². The van der Waals surface area contributed by atoms with Gasteiger partial charge >= 0.3 is 6.36 Å². The highest BCUT2D eigenvalue weighted by Crippen LogP contribution is 2.57. The molecule has 1 heterocycles. The quantitative estimate of drug-likeness (QED) is 0.871. The lowest BCUT2D eigenvalue weighted by Gasteiger charge is -2.65. The Kier molecular flexibility index (Phi) is 4.23. The highest BCUT2D eigenvalue weighted by Gasteiger charge is 2.70. The zero-order valence-electron chi connectivity index (χ0n) is 14.0. The van der Waals surface area contributed by atoms with Gasteiger partial charge < -0.3 is 20.5 Å². The number of nitrogens with one attached hydrogen (secondary N) is 1. The van der Waals surface area contributed by atoms with Crippen LogP contribution >= 0.6 is 0 Å². The molecule has 3 rings (SSSR count). The second-order valence-electron chi connectivity index (χ2n) is 7.16. The molecular weight excluding hydrogens is 337 g/mol. The molecule has 1 aromatic rings. The van der Waals surface area contributed by atoms with E-state index in [0.29, 0.717) is 12.3 Å². The normalized spacial score (nSPS) is 30.8. The number of nitrogens with two attached hydrogens (primary N) is 1. The van der Waals surface area contributed by atoms with Gasteiger partial charge in [0.2, 0.25) is 5.91 Å². The molecule has 1 saturated heterocycles. The van der Waals surface area contributed by atoms with Crippen molar-refractivity contribution < 1.29 is 27.4 Å². The Morgan fingerprint density at radius 1 is 1.32 bits per heavy atom. The van der Waals surface area contributed by atoms with Crippen molar-refractivity contribution >= 4 is 11.6 Å². The predicted octanol–water partition coefficient (Wildman–Crippen LogP) is 3.06. The molecule has 0 bridgehead atoms. The van der Waals surface area contributed by atoms with Crippen LogP contribution in [0, 0.1) is 11.3 Å². The molecule has 3 N–H and O–H groups in total. The summed E-state index contributed by atoms with van der Waals surface area (Å²) in [6.45, 7) is 4.47. The van der Waals surface area contributed by atoms with Crippen molar-refractivity contribution in [1.29, 1.82) is 0 Å². The first-order valence-electron chi connectivity index (χ1n) is 8.13. The van der Waals surface area contributed by atoms with E-state index in [0.717, 1.165) is 25.0 Å². The van der Waals surface area contributed by atoms with Crippen LogP contribution in [0.2, 0.25) is 0 Å². The molecule has 0 spiro atoms. The molecule has 5 nitrogen and oxygen atoms in total. The molecule has 25 heavy (non-hydrogen) atoms. The van der Waals surface area contributed by atoms with Crippen molar-refractivity contribution in [2.75, 3.05) is 11.9 Å². The lowest BCUT2D eigenvalue weighted by Crippen LogP contribution is -2.81. The van der Waals surface area contributed by atoms with Crippen LogP contribution in [0.4, 0.5) is 18.9 Å². The summed E-state index contributed by atoms with van der Waals surface area (Å²) in [4.78, 5) is 12.8. The van der Waals surface area contributed by atoms with E-state index in [1.807, 2.05) is 13.8 Å². The molecule has 2 fully saturated rings. The summed E-state index contributed by atoms with van der Waals surface area (Å²) in [5, 5.41) is 2.71. The minimum atomic E-state index is -4.75. The SMILES string of the molecule is CC1(C)C2OCCCC2C1(N)C(=O)Nc1ccc(OC(F)(F)F)cc1. The van der Waals surface area contributed by atoms with Gasteiger partial charge in [0.25, 0.3) is 0 Å². The van der Waals surface area contributed by atoms with Crippen molar-refractivity contribution in [1.82, 2.24) is 0 Å². The summed E-state index contributed by atoms with van der Waals surface area (Å²) in [5.74, 6) is -0.768. The van der Waals surface area contributed by atoms with Gasteiger partial charge in [-0.2, -0.15) is 0 Å². The number of hydrogen-bond acceptors (Lipinski definition) is 4. The third-order valence-corrected chi connectivity index (χ3v) is 5.41. The molecule has 3 unspecified atom stereocenters. The van der Waals surface area contributed by atoms with E-state index in [1.165, 1.54) is 12.1 Å². The molecule has 0 radical (unpaired) electrons. The third kappa shape index (κ3) is 2.97. The van der Waals surface area contributed by atoms with Crippen molar-refractivity contribution in [3.63, 3.8) is 0 Å². The highest BCUT2D eigenvalue weighted by molar-refractivity contribution is 6.00. The summed E-state index contributed by atoms with van der Waals surface area (Å²) in [6.07, 6.45) is -3.14. The van der Waals surface area contributed by atoms with Gasteiger partial charge in [0.15, 0.2) is 0 Å². The fraction of sp³-hybridized carbons (Fsp3) is 0.588. The van der Waals surface area contributed by atoms with E-state index in [1.54, 1.807) is 0 Å². The number of ether oxygens (including phenoxy) is 2. The van der Waals surface area contributed by atoms with E-state index < -0.39 is 17.3 Å². The number of rotatable bonds is 3. The fourth-order valence-electron chi connectivity index (χ4n) is 4.01. The largest absolute Gasteiger partial charge is 0.573 e. The van der Waals surface area contributed by atoms with Crippen molar-refractivity contribution in [2.45, 2.75) is 44.7 Å². The Balaban J connectivity index is 1.71. The molecule has 3 atom stereocenters. The Morgan fingerprint density at radius 3 is 2.56 bits per heavy atom. The van der Waals surface area contributed by atoms with Crippen LogP contribution in [-0.4, -0.2) is 30.5 Å². The number of halogens is 3. The lowest BCUT2D eigenvalue weighted by molar-refractivity contribution is -0.274. The second kappa shape index (κ2) is 5.88. The second-order valence-corrected chi connectivity index (χ2v) is 7.16. The van der Waals surface area contributed by atoms with E-state index in [4.69, 9.17) is 10.5 Å². The maximum absolute atomic E-state index is 12.8. The molecule has 2 aliphatic rings. The number of anilines is 1. The summed E-state index contributed by atoms with van der Waals surface area (Å²) >= 11 is 0. The van der Waals surface area contributed by atoms with Crippen LogP contribution < -0.4 is 15.8 Å². The average Bonchev–Trinajstić information content (AvgIpc) is 2.54. The number of carbonyl (C=O) groups is 1. The minimum Gasteiger partial charge on any atom is -0.406 e. The van der Waals surface area contributed by atoms with Crippen molar-refractivity contribution in [3.05, 3.63) is 24.3 Å². The van der Waals surface area contributed by atoms with Crippen LogP contribution in [0.15, 0.2) is 24.3 Å². The van der Waals surface area contributed by atoms with Gasteiger partial charge in [-0.15, -0.1) is 13.2 Å². The molecule has 1 aliphatic heterocycles. The standard InChI is InChI=1S/C17H21F3N2O3/c1-15(2)13-12(4-3-9-24-13)16(15,21)14(23)22-10-5-7-11(8-6-10)25-17(18,19)20/h5-8,12-13H,3-4,9,21H2,1-2H3,(H,22,23). The van der Waals surface area contributed by atoms with Crippen LogP contribution in [0.25, 0.3) is 0 Å². The number of fused-ring (bicyclic) bond motifs is 1. The summed E-state index contributed by atoms with van der Waals surface area (Å²) in [5.41, 5.74) is 5.23. The molecule has 1 aliphatic carbocycles. The van der Waals surface area contributed by atoms with Crippen molar-refractivity contribution in [3.8, 4) is 5.75 Å². The first-order chi connectivity index (χ1) is 11.6. The number of benzene rings is 1. The van der Waals surface area contributed by atoms with E-state index >= 15 is 0 Å². The molecule has 0 aromatic heterocycles. The Labute approximate surface area is 143 Å². The van der Waals surface area contributed by atoms with E-state index in [9.17, 15) is 18.0 Å². The summed E-state index contributed by atoms with van der Waals surface area (Å²) < 4.78 is 46.1. The van der Waals surface area contributed by atoms with Gasteiger partial charge in [0.05, 0.1) is 6.10 Å². The zero-order chi connectivity index (χ0) is 18.5. The Hall–Kier alpha value is -1.80. The van der Waals surface area contributed by atoms with Crippen LogP contribution in [-0.2, 0) is 9.53 Å². The maximum atomic E-state index is 12.8. The first kappa shape index (κ1) is 18.0. The fourth-order valence-corrected chi connectivity index (χ4v) is 4.01. The van der Waals surface area contributed by atoms with E-state index in [-0.39, 0.29) is 23.7 Å². The Morgan fingerprint density at radius 2 is 1.96 bits per heavy atom. The Bertz CT molecular complexity index is 660. The summed E-state index contributed by atoms with van der Waals surface area (Å²) in [7, 11) is 0. The van der Waals surface area contributed by atoms with Gasteiger partial charge in [-0.05, 0) is 37.1 Å². The van der Waals surface area contributed by atoms with Crippen LogP contribution in [0.3, 0.4) is 0 Å². The molecule has 1 amide bonds. The number of carbonyl (C=O) groups excluding carboxylic acids is 1. The average molecular weight is 358 g/mol. The van der Waals surface area contributed by atoms with Gasteiger partial charge in [-0.3, -0.25) is 4.79 Å². The smallest absolute Gasteiger partial charge is 0.406 e. The maximum Gasteiger partial charge on any atom is 0.573 e. The predicted molar refractivity (Wildman–Crippen MR) is 84.9 cm³/mol. The lowest BCUT2D eigenvalue weighted by atomic mass is 9.46. The van der Waals surface area contributed by atoms with Crippen LogP contribution in [0.5, 0.6) is 5.75 Å². The number of hydrogen-bond donors (Lipinski definition) is 2. The topological polar surface area (TPSA) is 73.6 Å². The van der Waals surface area contributed by atoms with Crippen LogP contribution in [0.1, 0.15) is 26.7 Å².